The van der Waals surface area contributed by atoms with Gasteiger partial charge in [-0.1, -0.05) is 20.8 Å². The molecule has 1 aliphatic heterocycles. The molecule has 1 saturated heterocycles. The first-order valence-electron chi connectivity index (χ1n) is 6.97. The predicted molar refractivity (Wildman–Crippen MR) is 71.8 cm³/mol. The molecule has 96 valence electrons. The van der Waals surface area contributed by atoms with Gasteiger partial charge in [-0.05, 0) is 64.2 Å². The van der Waals surface area contributed by atoms with Crippen LogP contribution in [0.1, 0.15) is 52.9 Å². The van der Waals surface area contributed by atoms with Crippen molar-refractivity contribution < 1.29 is 0 Å². The van der Waals surface area contributed by atoms with Crippen LogP contribution in [0.25, 0.3) is 0 Å². The number of hydrogen-bond acceptors (Lipinski definition) is 2. The summed E-state index contributed by atoms with van der Waals surface area (Å²) in [5, 5.41) is 3.38. The third kappa shape index (κ3) is 4.84. The van der Waals surface area contributed by atoms with Crippen molar-refractivity contribution in [3.8, 4) is 0 Å². The lowest BCUT2D eigenvalue weighted by Gasteiger charge is -2.37. The van der Waals surface area contributed by atoms with Crippen LogP contribution in [0.3, 0.4) is 0 Å². The summed E-state index contributed by atoms with van der Waals surface area (Å²) in [4.78, 5) is 2.65. The molecular formula is C14H30N2. The first-order valence-corrected chi connectivity index (χ1v) is 6.97. The van der Waals surface area contributed by atoms with E-state index in [-0.39, 0.29) is 0 Å². The van der Waals surface area contributed by atoms with Crippen molar-refractivity contribution in [3.63, 3.8) is 0 Å². The molecule has 0 aromatic rings. The molecule has 16 heavy (non-hydrogen) atoms. The summed E-state index contributed by atoms with van der Waals surface area (Å²) in [6.45, 7) is 11.0. The van der Waals surface area contributed by atoms with E-state index in [2.05, 4.69) is 38.0 Å². The second-order valence-corrected chi connectivity index (χ2v) is 6.04. The van der Waals surface area contributed by atoms with Gasteiger partial charge in [0.1, 0.15) is 0 Å². The summed E-state index contributed by atoms with van der Waals surface area (Å²) in [5.74, 6) is 0. The maximum absolute atomic E-state index is 3.38. The number of nitrogens with one attached hydrogen (secondary N) is 1. The van der Waals surface area contributed by atoms with E-state index in [1.165, 1.54) is 51.7 Å². The van der Waals surface area contributed by atoms with Crippen LogP contribution in [0, 0.1) is 5.41 Å². The van der Waals surface area contributed by atoms with E-state index >= 15 is 0 Å². The Hall–Kier alpha value is -0.0800. The van der Waals surface area contributed by atoms with Gasteiger partial charge in [0, 0.05) is 6.04 Å². The average Bonchev–Trinajstić information content (AvgIpc) is 2.26. The zero-order chi connectivity index (χ0) is 12.0. The second kappa shape index (κ2) is 6.61. The second-order valence-electron chi connectivity index (χ2n) is 6.04. The number of rotatable bonds is 6. The Kier molecular flexibility index (Phi) is 5.77. The van der Waals surface area contributed by atoms with Crippen molar-refractivity contribution in [2.24, 2.45) is 5.41 Å². The third-order valence-electron chi connectivity index (χ3n) is 4.14. The first kappa shape index (κ1) is 14.0. The van der Waals surface area contributed by atoms with Crippen LogP contribution < -0.4 is 5.32 Å². The quantitative estimate of drug-likeness (QED) is 0.749. The highest BCUT2D eigenvalue weighted by Gasteiger charge is 2.24. The topological polar surface area (TPSA) is 15.3 Å². The molecule has 0 bridgehead atoms. The fraction of sp³-hybridized carbons (Fsp3) is 1.00. The number of nitrogens with zero attached hydrogens (tertiary/aromatic N) is 1. The summed E-state index contributed by atoms with van der Waals surface area (Å²) in [6.07, 6.45) is 6.67. The smallest absolute Gasteiger partial charge is 0.00619 e. The van der Waals surface area contributed by atoms with Crippen molar-refractivity contribution in [2.75, 3.05) is 26.7 Å². The predicted octanol–water partition coefficient (Wildman–Crippen LogP) is 2.89. The molecule has 0 aromatic carbocycles. The highest BCUT2D eigenvalue weighted by atomic mass is 15.1. The average molecular weight is 226 g/mol. The van der Waals surface area contributed by atoms with Crippen LogP contribution >= 0.6 is 0 Å². The summed E-state index contributed by atoms with van der Waals surface area (Å²) in [5.41, 5.74) is 0.591. The highest BCUT2D eigenvalue weighted by molar-refractivity contribution is 4.78. The van der Waals surface area contributed by atoms with Gasteiger partial charge in [0.2, 0.25) is 0 Å². The molecule has 0 spiro atoms. The van der Waals surface area contributed by atoms with E-state index < -0.39 is 0 Å². The van der Waals surface area contributed by atoms with Crippen LogP contribution in [-0.4, -0.2) is 37.6 Å². The summed E-state index contributed by atoms with van der Waals surface area (Å²) < 4.78 is 0. The third-order valence-corrected chi connectivity index (χ3v) is 4.14. The normalized spacial score (nSPS) is 23.2. The van der Waals surface area contributed by atoms with E-state index in [1.54, 1.807) is 0 Å². The molecule has 1 atom stereocenters. The first-order chi connectivity index (χ1) is 7.57. The summed E-state index contributed by atoms with van der Waals surface area (Å²) in [6, 6.07) is 0.723. The lowest BCUT2D eigenvalue weighted by atomic mass is 9.82. The molecule has 2 heteroatoms. The molecule has 1 heterocycles. The molecule has 0 aromatic heterocycles. The molecule has 1 N–H and O–H groups in total. The minimum Gasteiger partial charge on any atom is -0.317 e. The van der Waals surface area contributed by atoms with E-state index in [1.807, 2.05) is 0 Å². The number of likely N-dealkylation sites (tertiary alicyclic amines) is 1. The van der Waals surface area contributed by atoms with Crippen LogP contribution in [0.15, 0.2) is 0 Å². The highest BCUT2D eigenvalue weighted by Crippen LogP contribution is 2.29. The minimum atomic E-state index is 0.591. The van der Waals surface area contributed by atoms with E-state index in [0.717, 1.165) is 6.04 Å². The SMILES string of the molecule is CCC(CCCN1CCC(C)(C)CC1)NC. The molecule has 0 radical (unpaired) electrons. The van der Waals surface area contributed by atoms with Gasteiger partial charge < -0.3 is 10.2 Å². The maximum Gasteiger partial charge on any atom is 0.00619 e. The fourth-order valence-electron chi connectivity index (χ4n) is 2.50. The van der Waals surface area contributed by atoms with Crippen molar-refractivity contribution >= 4 is 0 Å². The molecular weight excluding hydrogens is 196 g/mol. The lowest BCUT2D eigenvalue weighted by molar-refractivity contribution is 0.130. The molecule has 1 unspecified atom stereocenters. The molecule has 0 aliphatic carbocycles. The Morgan fingerprint density at radius 2 is 1.88 bits per heavy atom. The molecule has 1 rings (SSSR count). The van der Waals surface area contributed by atoms with Gasteiger partial charge in [-0.15, -0.1) is 0 Å². The van der Waals surface area contributed by atoms with Gasteiger partial charge >= 0.3 is 0 Å². The van der Waals surface area contributed by atoms with Crippen LogP contribution in [0.5, 0.6) is 0 Å². The van der Waals surface area contributed by atoms with Crippen molar-refractivity contribution in [2.45, 2.75) is 58.9 Å². The standard InChI is InChI=1S/C14H30N2/c1-5-13(15-4)7-6-10-16-11-8-14(2,3)9-12-16/h13,15H,5-12H2,1-4H3. The summed E-state index contributed by atoms with van der Waals surface area (Å²) in [7, 11) is 2.08. The van der Waals surface area contributed by atoms with Gasteiger partial charge in [-0.3, -0.25) is 0 Å². The van der Waals surface area contributed by atoms with Crippen LogP contribution in [-0.2, 0) is 0 Å². The molecule has 1 aliphatic rings. The van der Waals surface area contributed by atoms with Gasteiger partial charge in [0.15, 0.2) is 0 Å². The lowest BCUT2D eigenvalue weighted by Crippen LogP contribution is -2.38. The molecule has 1 fully saturated rings. The number of piperidine rings is 1. The zero-order valence-electron chi connectivity index (χ0n) is 11.7. The summed E-state index contributed by atoms with van der Waals surface area (Å²) >= 11 is 0. The largest absolute Gasteiger partial charge is 0.317 e. The molecule has 2 nitrogen and oxygen atoms in total. The Morgan fingerprint density at radius 3 is 2.38 bits per heavy atom. The maximum atomic E-state index is 3.38. The van der Waals surface area contributed by atoms with Gasteiger partial charge in [0.05, 0.1) is 0 Å². The van der Waals surface area contributed by atoms with E-state index in [0.29, 0.717) is 5.41 Å². The Morgan fingerprint density at radius 1 is 1.25 bits per heavy atom. The van der Waals surface area contributed by atoms with E-state index in [9.17, 15) is 0 Å². The van der Waals surface area contributed by atoms with Crippen LogP contribution in [0.2, 0.25) is 0 Å². The van der Waals surface area contributed by atoms with Gasteiger partial charge in [0.25, 0.3) is 0 Å². The molecule has 0 amide bonds. The van der Waals surface area contributed by atoms with Gasteiger partial charge in [-0.2, -0.15) is 0 Å². The van der Waals surface area contributed by atoms with Crippen molar-refractivity contribution in [3.05, 3.63) is 0 Å². The van der Waals surface area contributed by atoms with Gasteiger partial charge in [-0.25, -0.2) is 0 Å². The Balaban J connectivity index is 2.10. The van der Waals surface area contributed by atoms with E-state index in [4.69, 9.17) is 0 Å². The van der Waals surface area contributed by atoms with Crippen molar-refractivity contribution in [1.29, 1.82) is 0 Å². The molecule has 0 saturated carbocycles. The van der Waals surface area contributed by atoms with Crippen LogP contribution in [0.4, 0.5) is 0 Å². The zero-order valence-corrected chi connectivity index (χ0v) is 11.7. The Bertz CT molecular complexity index is 175. The minimum absolute atomic E-state index is 0.591. The fourth-order valence-corrected chi connectivity index (χ4v) is 2.50. The van der Waals surface area contributed by atoms with Crippen molar-refractivity contribution in [1.82, 2.24) is 10.2 Å². The monoisotopic (exact) mass is 226 g/mol. The Labute approximate surface area is 102 Å². The number of hydrogen-bond donors (Lipinski definition) is 1.